The zero-order valence-corrected chi connectivity index (χ0v) is 18.5. The van der Waals surface area contributed by atoms with Gasteiger partial charge in [-0.15, -0.1) is 0 Å². The lowest BCUT2D eigenvalue weighted by atomic mass is 10.1. The minimum Gasteiger partial charge on any atom is -0.379 e. The van der Waals surface area contributed by atoms with Crippen molar-refractivity contribution in [1.82, 2.24) is 0 Å². The van der Waals surface area contributed by atoms with Gasteiger partial charge in [-0.3, -0.25) is 4.55 Å². The Morgan fingerprint density at radius 1 is 0.964 bits per heavy atom. The second-order valence-corrected chi connectivity index (χ2v) is 9.35. The molecule has 1 N–H and O–H groups in total. The number of hydrogen-bond acceptors (Lipinski definition) is 6. The van der Waals surface area contributed by atoms with Crippen molar-refractivity contribution in [3.05, 3.63) is 0 Å². The minimum atomic E-state index is -3.93. The molecule has 168 valence electrons. The number of hydrogen-bond donors (Lipinski definition) is 1. The summed E-state index contributed by atoms with van der Waals surface area (Å²) in [5, 5.41) is 0. The average Bonchev–Trinajstić information content (AvgIpc) is 3.00. The summed E-state index contributed by atoms with van der Waals surface area (Å²) in [6.07, 6.45) is 11.8. The summed E-state index contributed by atoms with van der Waals surface area (Å²) < 4.78 is 52.6. The molecule has 0 aromatic heterocycles. The first kappa shape index (κ1) is 25.8. The molecule has 1 rings (SSSR count). The van der Waals surface area contributed by atoms with E-state index >= 15 is 0 Å². The van der Waals surface area contributed by atoms with Gasteiger partial charge in [0.15, 0.2) is 5.79 Å². The molecule has 1 heterocycles. The lowest BCUT2D eigenvalue weighted by molar-refractivity contribution is -0.193. The highest BCUT2D eigenvalue weighted by Gasteiger charge is 2.37. The van der Waals surface area contributed by atoms with Gasteiger partial charge in [0, 0.05) is 13.2 Å². The van der Waals surface area contributed by atoms with E-state index in [-0.39, 0.29) is 31.5 Å². The van der Waals surface area contributed by atoms with E-state index in [2.05, 4.69) is 6.92 Å². The van der Waals surface area contributed by atoms with Gasteiger partial charge in [0.05, 0.1) is 19.0 Å². The van der Waals surface area contributed by atoms with E-state index in [4.69, 9.17) is 23.5 Å². The second-order valence-electron chi connectivity index (χ2n) is 7.78. The van der Waals surface area contributed by atoms with Crippen LogP contribution < -0.4 is 0 Å². The SMILES string of the molecule is CCCCCCCCCCCOCC1COC(C)(COCCCS(=O)(=O)O)O1. The molecule has 0 radical (unpaired) electrons. The maximum absolute atomic E-state index is 10.6. The van der Waals surface area contributed by atoms with Gasteiger partial charge in [0.1, 0.15) is 12.7 Å². The zero-order valence-electron chi connectivity index (χ0n) is 17.7. The van der Waals surface area contributed by atoms with Crippen LogP contribution in [0.1, 0.15) is 78.1 Å². The first-order valence-electron chi connectivity index (χ1n) is 10.8. The second kappa shape index (κ2) is 14.7. The highest BCUT2D eigenvalue weighted by molar-refractivity contribution is 7.85. The van der Waals surface area contributed by atoms with E-state index in [0.717, 1.165) is 13.0 Å². The predicted octanol–water partition coefficient (Wildman–Crippen LogP) is 3.96. The van der Waals surface area contributed by atoms with Crippen molar-refractivity contribution < 1.29 is 31.9 Å². The van der Waals surface area contributed by atoms with Crippen molar-refractivity contribution in [2.45, 2.75) is 89.9 Å². The lowest BCUT2D eigenvalue weighted by Crippen LogP contribution is -2.34. The van der Waals surface area contributed by atoms with E-state index in [1.54, 1.807) is 6.92 Å². The van der Waals surface area contributed by atoms with Gasteiger partial charge in [0.2, 0.25) is 0 Å². The molecule has 7 nitrogen and oxygen atoms in total. The van der Waals surface area contributed by atoms with Crippen LogP contribution in [0.4, 0.5) is 0 Å². The lowest BCUT2D eigenvalue weighted by Gasteiger charge is -2.23. The largest absolute Gasteiger partial charge is 0.379 e. The van der Waals surface area contributed by atoms with Crippen molar-refractivity contribution in [3.63, 3.8) is 0 Å². The Balaban J connectivity index is 1.94. The van der Waals surface area contributed by atoms with Crippen LogP contribution in [0.2, 0.25) is 0 Å². The van der Waals surface area contributed by atoms with E-state index in [0.29, 0.717) is 13.2 Å². The van der Waals surface area contributed by atoms with Crippen molar-refractivity contribution in [2.75, 3.05) is 38.8 Å². The smallest absolute Gasteiger partial charge is 0.264 e. The van der Waals surface area contributed by atoms with E-state index in [1.165, 1.54) is 51.4 Å². The van der Waals surface area contributed by atoms with E-state index in [1.807, 2.05) is 0 Å². The maximum Gasteiger partial charge on any atom is 0.264 e. The monoisotopic (exact) mass is 424 g/mol. The minimum absolute atomic E-state index is 0.106. The molecular weight excluding hydrogens is 384 g/mol. The van der Waals surface area contributed by atoms with E-state index in [9.17, 15) is 8.42 Å². The topological polar surface area (TPSA) is 91.3 Å². The van der Waals surface area contributed by atoms with Crippen LogP contribution in [-0.2, 0) is 29.1 Å². The third kappa shape index (κ3) is 13.8. The van der Waals surface area contributed by atoms with Crippen LogP contribution >= 0.6 is 0 Å². The Kier molecular flexibility index (Phi) is 13.5. The maximum atomic E-state index is 10.6. The molecule has 0 aliphatic carbocycles. The molecule has 0 aromatic carbocycles. The van der Waals surface area contributed by atoms with Crippen LogP contribution in [0.5, 0.6) is 0 Å². The van der Waals surface area contributed by atoms with Gasteiger partial charge in [0.25, 0.3) is 10.1 Å². The molecule has 0 amide bonds. The Morgan fingerprint density at radius 3 is 2.21 bits per heavy atom. The average molecular weight is 425 g/mol. The molecule has 1 aliphatic heterocycles. The van der Waals surface area contributed by atoms with Gasteiger partial charge in [-0.1, -0.05) is 58.3 Å². The first-order chi connectivity index (χ1) is 13.3. The van der Waals surface area contributed by atoms with Gasteiger partial charge in [-0.25, -0.2) is 0 Å². The van der Waals surface area contributed by atoms with Crippen LogP contribution in [-0.4, -0.2) is 63.6 Å². The molecule has 8 heteroatoms. The molecule has 1 aliphatic rings. The van der Waals surface area contributed by atoms with Gasteiger partial charge in [-0.05, 0) is 19.8 Å². The molecule has 0 aromatic rings. The summed E-state index contributed by atoms with van der Waals surface area (Å²) in [6.45, 7) is 6.20. The van der Waals surface area contributed by atoms with Crippen LogP contribution in [0.25, 0.3) is 0 Å². The summed E-state index contributed by atoms with van der Waals surface area (Å²) in [4.78, 5) is 0. The standard InChI is InChI=1S/C20H40O7S/c1-3-4-5-6-7-8-9-10-11-13-24-16-19-17-26-20(2,27-19)18-25-14-12-15-28(21,22)23/h19H,3-18H2,1-2H3,(H,21,22,23). The molecule has 2 unspecified atom stereocenters. The predicted molar refractivity (Wildman–Crippen MR) is 109 cm³/mol. The van der Waals surface area contributed by atoms with Crippen molar-refractivity contribution >= 4 is 10.1 Å². The molecule has 1 fully saturated rings. The third-order valence-electron chi connectivity index (χ3n) is 4.74. The van der Waals surface area contributed by atoms with Gasteiger partial charge < -0.3 is 18.9 Å². The Morgan fingerprint density at radius 2 is 1.57 bits per heavy atom. The summed E-state index contributed by atoms with van der Waals surface area (Å²) in [7, 11) is -3.93. The number of rotatable bonds is 18. The quantitative estimate of drug-likeness (QED) is 0.263. The summed E-state index contributed by atoms with van der Waals surface area (Å²) >= 11 is 0. The van der Waals surface area contributed by atoms with Crippen LogP contribution in [0.3, 0.4) is 0 Å². The first-order valence-corrected chi connectivity index (χ1v) is 12.4. The Bertz CT molecular complexity index is 483. The number of unbranched alkanes of at least 4 members (excludes halogenated alkanes) is 8. The van der Waals surface area contributed by atoms with E-state index < -0.39 is 15.9 Å². The molecular formula is C20H40O7S. The third-order valence-corrected chi connectivity index (χ3v) is 5.55. The number of ether oxygens (including phenoxy) is 4. The van der Waals surface area contributed by atoms with Crippen molar-refractivity contribution in [3.8, 4) is 0 Å². The van der Waals surface area contributed by atoms with Gasteiger partial charge in [-0.2, -0.15) is 8.42 Å². The summed E-state index contributed by atoms with van der Waals surface area (Å²) in [6, 6.07) is 0. The molecule has 1 saturated heterocycles. The van der Waals surface area contributed by atoms with Crippen LogP contribution in [0.15, 0.2) is 0 Å². The summed E-state index contributed by atoms with van der Waals surface area (Å²) in [5.41, 5.74) is 0. The Hall–Kier alpha value is -0.250. The fraction of sp³-hybridized carbons (Fsp3) is 1.00. The summed E-state index contributed by atoms with van der Waals surface area (Å²) in [5.74, 6) is -1.13. The molecule has 0 bridgehead atoms. The Labute approximate surface area is 171 Å². The van der Waals surface area contributed by atoms with Gasteiger partial charge >= 0.3 is 0 Å². The highest BCUT2D eigenvalue weighted by Crippen LogP contribution is 2.24. The molecule has 2 atom stereocenters. The fourth-order valence-corrected chi connectivity index (χ4v) is 3.66. The molecule has 0 spiro atoms. The fourth-order valence-electron chi connectivity index (χ4n) is 3.18. The molecule has 28 heavy (non-hydrogen) atoms. The normalized spacial score (nSPS) is 22.8. The molecule has 0 saturated carbocycles. The van der Waals surface area contributed by atoms with Crippen molar-refractivity contribution in [2.24, 2.45) is 0 Å². The van der Waals surface area contributed by atoms with Crippen molar-refractivity contribution in [1.29, 1.82) is 0 Å². The van der Waals surface area contributed by atoms with Crippen LogP contribution in [0, 0.1) is 0 Å². The highest BCUT2D eigenvalue weighted by atomic mass is 32.2. The zero-order chi connectivity index (χ0) is 20.7.